The van der Waals surface area contributed by atoms with Gasteiger partial charge >= 0.3 is 0 Å². The van der Waals surface area contributed by atoms with E-state index < -0.39 is 10.0 Å². The monoisotopic (exact) mass is 336 g/mol. The second-order valence-corrected chi connectivity index (χ2v) is 8.58. The smallest absolute Gasteiger partial charge is 0.235 e. The van der Waals surface area contributed by atoms with Crippen LogP contribution in [0.25, 0.3) is 0 Å². The summed E-state index contributed by atoms with van der Waals surface area (Å²) in [5.41, 5.74) is 1.46. The Bertz CT molecular complexity index is 645. The van der Waals surface area contributed by atoms with Crippen LogP contribution in [0.5, 0.6) is 0 Å². The Balaban J connectivity index is 1.56. The lowest BCUT2D eigenvalue weighted by Crippen LogP contribution is -2.29. The minimum Gasteiger partial charge on any atom is -0.353 e. The van der Waals surface area contributed by atoms with Crippen LogP contribution in [0, 0.1) is 0 Å². The van der Waals surface area contributed by atoms with E-state index in [1.807, 2.05) is 12.1 Å². The third-order valence-corrected chi connectivity index (χ3v) is 6.38. The quantitative estimate of drug-likeness (QED) is 0.838. The number of hydrogen-bond acceptors (Lipinski definition) is 3. The molecule has 1 aromatic carbocycles. The predicted molar refractivity (Wildman–Crippen MR) is 90.7 cm³/mol. The van der Waals surface area contributed by atoms with E-state index in [0.29, 0.717) is 18.2 Å². The summed E-state index contributed by atoms with van der Waals surface area (Å²) in [5, 5.41) is 2.67. The van der Waals surface area contributed by atoms with Gasteiger partial charge in [0.15, 0.2) is 0 Å². The van der Waals surface area contributed by atoms with Gasteiger partial charge in [0.1, 0.15) is 0 Å². The van der Waals surface area contributed by atoms with Crippen molar-refractivity contribution >= 4 is 21.6 Å². The molecule has 0 spiro atoms. The zero-order valence-corrected chi connectivity index (χ0v) is 14.1. The molecule has 2 fully saturated rings. The van der Waals surface area contributed by atoms with Gasteiger partial charge in [-0.05, 0) is 43.4 Å². The number of amides is 1. The average molecular weight is 336 g/mol. The second-order valence-electron chi connectivity index (χ2n) is 6.62. The van der Waals surface area contributed by atoms with E-state index >= 15 is 0 Å². The van der Waals surface area contributed by atoms with Gasteiger partial charge in [-0.25, -0.2) is 8.42 Å². The number of sulfonamides is 1. The lowest BCUT2D eigenvalue weighted by molar-refractivity contribution is -0.120. The van der Waals surface area contributed by atoms with Crippen LogP contribution in [0.1, 0.15) is 50.5 Å². The first kappa shape index (κ1) is 16.3. The normalized spacial score (nSPS) is 19.3. The molecular formula is C17H24N2O3S. The fourth-order valence-electron chi connectivity index (χ4n) is 3.01. The minimum absolute atomic E-state index is 0.0306. The summed E-state index contributed by atoms with van der Waals surface area (Å²) < 4.78 is 27.4. The molecule has 0 saturated heterocycles. The highest BCUT2D eigenvalue weighted by Gasteiger charge is 2.27. The van der Waals surface area contributed by atoms with E-state index in [4.69, 9.17) is 0 Å². The zero-order valence-electron chi connectivity index (χ0n) is 13.3. The Kier molecular flexibility index (Phi) is 4.90. The summed E-state index contributed by atoms with van der Waals surface area (Å²) in [6.07, 6.45) is 7.09. The Morgan fingerprint density at radius 1 is 1.00 bits per heavy atom. The van der Waals surface area contributed by atoms with Gasteiger partial charge in [-0.1, -0.05) is 31.4 Å². The molecule has 5 nitrogen and oxygen atoms in total. The molecule has 2 aliphatic carbocycles. The molecule has 126 valence electrons. The number of nitrogens with one attached hydrogen (secondary N) is 2. The van der Waals surface area contributed by atoms with Crippen LogP contribution < -0.4 is 10.0 Å². The van der Waals surface area contributed by atoms with E-state index in [9.17, 15) is 13.2 Å². The van der Waals surface area contributed by atoms with Crippen LogP contribution in [0.2, 0.25) is 0 Å². The Morgan fingerprint density at radius 3 is 2.26 bits per heavy atom. The van der Waals surface area contributed by atoms with Crippen LogP contribution >= 0.6 is 0 Å². The Hall–Kier alpha value is -1.56. The van der Waals surface area contributed by atoms with Crippen molar-refractivity contribution in [3.63, 3.8) is 0 Å². The van der Waals surface area contributed by atoms with Gasteiger partial charge < -0.3 is 5.32 Å². The highest BCUT2D eigenvalue weighted by atomic mass is 32.2. The highest BCUT2D eigenvalue weighted by molar-refractivity contribution is 7.93. The summed E-state index contributed by atoms with van der Waals surface area (Å²) in [7, 11) is -3.31. The van der Waals surface area contributed by atoms with Gasteiger partial charge in [0, 0.05) is 11.7 Å². The van der Waals surface area contributed by atoms with Gasteiger partial charge in [0.25, 0.3) is 0 Å². The number of benzene rings is 1. The van der Waals surface area contributed by atoms with Crippen LogP contribution in [-0.4, -0.2) is 25.6 Å². The third kappa shape index (κ3) is 4.70. The molecule has 0 heterocycles. The first-order chi connectivity index (χ1) is 11.0. The molecule has 6 heteroatoms. The number of carbonyl (C=O) groups is 1. The standard InChI is InChI=1S/C17H24N2O3S/c20-17(18-14-10-11-14)12-13-6-8-15(9-7-13)19-23(21,22)16-4-2-1-3-5-16/h6-9,14,16,19H,1-5,10-12H2,(H,18,20). The van der Waals surface area contributed by atoms with E-state index in [2.05, 4.69) is 10.0 Å². The van der Waals surface area contributed by atoms with Crippen LogP contribution in [0.4, 0.5) is 5.69 Å². The van der Waals surface area contributed by atoms with E-state index in [1.165, 1.54) is 0 Å². The lowest BCUT2D eigenvalue weighted by atomic mass is 10.0. The number of hydrogen-bond donors (Lipinski definition) is 2. The minimum atomic E-state index is -3.31. The molecule has 23 heavy (non-hydrogen) atoms. The van der Waals surface area contributed by atoms with Crippen LogP contribution in [0.15, 0.2) is 24.3 Å². The molecule has 0 radical (unpaired) electrons. The highest BCUT2D eigenvalue weighted by Crippen LogP contribution is 2.25. The molecule has 2 N–H and O–H groups in total. The number of rotatable bonds is 6. The summed E-state index contributed by atoms with van der Waals surface area (Å²) in [5.74, 6) is 0.0306. The van der Waals surface area contributed by atoms with Gasteiger partial charge in [-0.15, -0.1) is 0 Å². The van der Waals surface area contributed by atoms with Crippen molar-refractivity contribution < 1.29 is 13.2 Å². The Labute approximate surface area is 137 Å². The van der Waals surface area contributed by atoms with Crippen molar-refractivity contribution in [3.05, 3.63) is 29.8 Å². The van der Waals surface area contributed by atoms with Crippen molar-refractivity contribution in [2.24, 2.45) is 0 Å². The molecule has 0 bridgehead atoms. The lowest BCUT2D eigenvalue weighted by Gasteiger charge is -2.22. The maximum absolute atomic E-state index is 12.4. The molecule has 3 rings (SSSR count). The third-order valence-electron chi connectivity index (χ3n) is 4.51. The number of anilines is 1. The summed E-state index contributed by atoms with van der Waals surface area (Å²) >= 11 is 0. The van der Waals surface area contributed by atoms with Crippen LogP contribution in [0.3, 0.4) is 0 Å². The van der Waals surface area contributed by atoms with Gasteiger partial charge in [0.05, 0.1) is 11.7 Å². The summed E-state index contributed by atoms with van der Waals surface area (Å²) in [6, 6.07) is 7.46. The first-order valence-electron chi connectivity index (χ1n) is 8.43. The maximum Gasteiger partial charge on any atom is 0.235 e. The molecule has 0 aromatic heterocycles. The van der Waals surface area contributed by atoms with Crippen molar-refractivity contribution in [1.82, 2.24) is 5.32 Å². The van der Waals surface area contributed by atoms with Crippen molar-refractivity contribution in [3.8, 4) is 0 Å². The largest absolute Gasteiger partial charge is 0.353 e. The topological polar surface area (TPSA) is 75.3 Å². The number of carbonyl (C=O) groups excluding carboxylic acids is 1. The molecular weight excluding hydrogens is 312 g/mol. The molecule has 1 amide bonds. The van der Waals surface area contributed by atoms with Crippen molar-refractivity contribution in [1.29, 1.82) is 0 Å². The van der Waals surface area contributed by atoms with Gasteiger partial charge in [-0.2, -0.15) is 0 Å². The van der Waals surface area contributed by atoms with Gasteiger partial charge in [0.2, 0.25) is 15.9 Å². The second kappa shape index (κ2) is 6.91. The van der Waals surface area contributed by atoms with E-state index in [0.717, 1.165) is 50.5 Å². The fourth-order valence-corrected chi connectivity index (χ4v) is 4.59. The SMILES string of the molecule is O=C(Cc1ccc(NS(=O)(=O)C2CCCCC2)cc1)NC1CC1. The van der Waals surface area contributed by atoms with Crippen molar-refractivity contribution in [2.75, 3.05) is 4.72 Å². The fraction of sp³-hybridized carbons (Fsp3) is 0.588. The summed E-state index contributed by atoms with van der Waals surface area (Å²) in [6.45, 7) is 0. The van der Waals surface area contributed by atoms with E-state index in [1.54, 1.807) is 12.1 Å². The molecule has 1 aromatic rings. The maximum atomic E-state index is 12.4. The molecule has 0 aliphatic heterocycles. The average Bonchev–Trinajstić information content (AvgIpc) is 3.34. The molecule has 2 saturated carbocycles. The van der Waals surface area contributed by atoms with Crippen LogP contribution in [-0.2, 0) is 21.2 Å². The molecule has 0 unspecified atom stereocenters. The molecule has 0 atom stereocenters. The zero-order chi connectivity index (χ0) is 16.3. The van der Waals surface area contributed by atoms with Crippen molar-refractivity contribution in [2.45, 2.75) is 62.7 Å². The molecule has 2 aliphatic rings. The van der Waals surface area contributed by atoms with Gasteiger partial charge in [-0.3, -0.25) is 9.52 Å². The first-order valence-corrected chi connectivity index (χ1v) is 9.97. The Morgan fingerprint density at radius 2 is 1.65 bits per heavy atom. The predicted octanol–water partition coefficient (Wildman–Crippen LogP) is 2.58. The van der Waals surface area contributed by atoms with E-state index in [-0.39, 0.29) is 11.2 Å². The summed E-state index contributed by atoms with van der Waals surface area (Å²) in [4.78, 5) is 11.8.